The monoisotopic (exact) mass is 270 g/mol. The van der Waals surface area contributed by atoms with E-state index in [1.54, 1.807) is 18.2 Å². The number of carbonyl (C=O) groups is 1. The van der Waals surface area contributed by atoms with Crippen molar-refractivity contribution in [2.45, 2.75) is 25.9 Å². The van der Waals surface area contributed by atoms with Gasteiger partial charge in [-0.15, -0.1) is 0 Å². The van der Waals surface area contributed by atoms with Crippen LogP contribution in [0.15, 0.2) is 48.5 Å². The normalized spacial score (nSPS) is 12.4. The molecule has 0 bridgehead atoms. The van der Waals surface area contributed by atoms with E-state index in [1.807, 2.05) is 24.3 Å². The Labute approximate surface area is 118 Å². The molecule has 104 valence electrons. The molecule has 0 aliphatic heterocycles. The summed E-state index contributed by atoms with van der Waals surface area (Å²) in [6.07, 6.45) is -0.927. The van der Waals surface area contributed by atoms with Crippen LogP contribution < -0.4 is 0 Å². The Morgan fingerprint density at radius 2 is 1.50 bits per heavy atom. The smallest absolute Gasteiger partial charge is 0.336 e. The lowest BCUT2D eigenvalue weighted by atomic mass is 9.94. The van der Waals surface area contributed by atoms with Crippen molar-refractivity contribution < 1.29 is 15.0 Å². The van der Waals surface area contributed by atoms with E-state index in [9.17, 15) is 9.90 Å². The van der Waals surface area contributed by atoms with E-state index in [1.165, 1.54) is 11.6 Å². The number of benzene rings is 2. The third-order valence-corrected chi connectivity index (χ3v) is 3.40. The average Bonchev–Trinajstić information content (AvgIpc) is 2.46. The molecule has 0 spiro atoms. The van der Waals surface area contributed by atoms with E-state index in [4.69, 9.17) is 5.11 Å². The molecule has 0 amide bonds. The molecule has 2 N–H and O–H groups in total. The van der Waals surface area contributed by atoms with E-state index >= 15 is 0 Å². The Hall–Kier alpha value is -2.13. The van der Waals surface area contributed by atoms with Gasteiger partial charge in [-0.25, -0.2) is 4.79 Å². The van der Waals surface area contributed by atoms with Crippen molar-refractivity contribution in [2.24, 2.45) is 0 Å². The first-order valence-electron chi connectivity index (χ1n) is 6.61. The van der Waals surface area contributed by atoms with Crippen LogP contribution in [-0.4, -0.2) is 16.2 Å². The molecule has 2 rings (SSSR count). The third-order valence-electron chi connectivity index (χ3n) is 3.40. The zero-order valence-corrected chi connectivity index (χ0v) is 11.6. The second kappa shape index (κ2) is 5.88. The van der Waals surface area contributed by atoms with Crippen LogP contribution in [0.4, 0.5) is 0 Å². The quantitative estimate of drug-likeness (QED) is 0.892. The fourth-order valence-corrected chi connectivity index (χ4v) is 2.17. The summed E-state index contributed by atoms with van der Waals surface area (Å²) in [6, 6.07) is 14.2. The van der Waals surface area contributed by atoms with Gasteiger partial charge >= 0.3 is 5.97 Å². The summed E-state index contributed by atoms with van der Waals surface area (Å²) in [4.78, 5) is 11.2. The topological polar surface area (TPSA) is 57.5 Å². The third kappa shape index (κ3) is 2.89. The van der Waals surface area contributed by atoms with Gasteiger partial charge in [0.15, 0.2) is 0 Å². The zero-order chi connectivity index (χ0) is 14.7. The molecule has 0 heterocycles. The van der Waals surface area contributed by atoms with E-state index in [2.05, 4.69) is 13.8 Å². The van der Waals surface area contributed by atoms with Crippen molar-refractivity contribution in [3.63, 3.8) is 0 Å². The molecule has 20 heavy (non-hydrogen) atoms. The number of aliphatic hydroxyl groups is 1. The van der Waals surface area contributed by atoms with Crippen molar-refractivity contribution in [2.75, 3.05) is 0 Å². The predicted molar refractivity (Wildman–Crippen MR) is 78.0 cm³/mol. The number of carboxylic acid groups (broad SMARTS) is 1. The highest BCUT2D eigenvalue weighted by atomic mass is 16.4. The minimum Gasteiger partial charge on any atom is -0.478 e. The SMILES string of the molecule is CC(C)c1ccc(C(O)c2ccccc2C(=O)O)cc1. The molecule has 2 aromatic rings. The number of rotatable bonds is 4. The predicted octanol–water partition coefficient (Wildman–Crippen LogP) is 3.59. The largest absolute Gasteiger partial charge is 0.478 e. The fraction of sp³-hybridized carbons (Fsp3) is 0.235. The molecule has 0 aliphatic rings. The molecule has 0 aromatic heterocycles. The Bertz CT molecular complexity index is 600. The van der Waals surface area contributed by atoms with Crippen LogP contribution in [0.5, 0.6) is 0 Å². The second-order valence-electron chi connectivity index (χ2n) is 5.12. The Kier molecular flexibility index (Phi) is 4.20. The van der Waals surface area contributed by atoms with Gasteiger partial charge in [0.1, 0.15) is 6.10 Å². The zero-order valence-electron chi connectivity index (χ0n) is 11.6. The number of hydrogen-bond acceptors (Lipinski definition) is 2. The van der Waals surface area contributed by atoms with E-state index in [0.29, 0.717) is 17.0 Å². The van der Waals surface area contributed by atoms with Gasteiger partial charge in [0.05, 0.1) is 5.56 Å². The van der Waals surface area contributed by atoms with Crippen LogP contribution in [0, 0.1) is 0 Å². The molecule has 1 unspecified atom stereocenters. The van der Waals surface area contributed by atoms with Crippen molar-refractivity contribution >= 4 is 5.97 Å². The lowest BCUT2D eigenvalue weighted by Gasteiger charge is -2.15. The first-order valence-corrected chi connectivity index (χ1v) is 6.61. The van der Waals surface area contributed by atoms with Gasteiger partial charge < -0.3 is 10.2 Å². The minimum atomic E-state index is -1.03. The van der Waals surface area contributed by atoms with Gasteiger partial charge in [0.25, 0.3) is 0 Å². The van der Waals surface area contributed by atoms with Crippen LogP contribution in [-0.2, 0) is 0 Å². The molecule has 0 radical (unpaired) electrons. The summed E-state index contributed by atoms with van der Waals surface area (Å²) in [7, 11) is 0. The lowest BCUT2D eigenvalue weighted by Crippen LogP contribution is -2.08. The maximum atomic E-state index is 11.2. The molecule has 0 saturated carbocycles. The lowest BCUT2D eigenvalue weighted by molar-refractivity contribution is 0.0691. The summed E-state index contributed by atoms with van der Waals surface area (Å²) in [5.74, 6) is -0.606. The molecule has 0 fully saturated rings. The molecule has 1 atom stereocenters. The van der Waals surface area contributed by atoms with Crippen molar-refractivity contribution in [3.05, 3.63) is 70.8 Å². The first-order chi connectivity index (χ1) is 9.50. The first kappa shape index (κ1) is 14.3. The fourth-order valence-electron chi connectivity index (χ4n) is 2.17. The number of aliphatic hydroxyl groups excluding tert-OH is 1. The average molecular weight is 270 g/mol. The molecule has 3 nitrogen and oxygen atoms in total. The highest BCUT2D eigenvalue weighted by Crippen LogP contribution is 2.26. The summed E-state index contributed by atoms with van der Waals surface area (Å²) in [5, 5.41) is 19.6. The highest BCUT2D eigenvalue weighted by molar-refractivity contribution is 5.89. The summed E-state index contributed by atoms with van der Waals surface area (Å²) < 4.78 is 0. The van der Waals surface area contributed by atoms with Gasteiger partial charge in [-0.3, -0.25) is 0 Å². The van der Waals surface area contributed by atoms with Crippen molar-refractivity contribution in [3.8, 4) is 0 Å². The van der Waals surface area contributed by atoms with Gasteiger partial charge in [-0.2, -0.15) is 0 Å². The van der Waals surface area contributed by atoms with Gasteiger partial charge in [0.2, 0.25) is 0 Å². The van der Waals surface area contributed by atoms with Gasteiger partial charge in [-0.05, 0) is 28.7 Å². The second-order valence-corrected chi connectivity index (χ2v) is 5.12. The summed E-state index contributed by atoms with van der Waals surface area (Å²) >= 11 is 0. The molecule has 2 aromatic carbocycles. The van der Waals surface area contributed by atoms with Crippen LogP contribution in [0.1, 0.15) is 52.9 Å². The number of aromatic carboxylic acids is 1. The standard InChI is InChI=1S/C17H18O3/c1-11(2)12-7-9-13(10-8-12)16(18)14-5-3-4-6-15(14)17(19)20/h3-11,16,18H,1-2H3,(H,19,20). The van der Waals surface area contributed by atoms with E-state index in [0.717, 1.165) is 0 Å². The van der Waals surface area contributed by atoms with Crippen LogP contribution in [0.2, 0.25) is 0 Å². The number of carboxylic acids is 1. The van der Waals surface area contributed by atoms with Crippen molar-refractivity contribution in [1.29, 1.82) is 0 Å². The van der Waals surface area contributed by atoms with Gasteiger partial charge in [0, 0.05) is 0 Å². The Morgan fingerprint density at radius 1 is 0.950 bits per heavy atom. The van der Waals surface area contributed by atoms with Gasteiger partial charge in [-0.1, -0.05) is 56.3 Å². The maximum absolute atomic E-state index is 11.2. The van der Waals surface area contributed by atoms with Crippen molar-refractivity contribution in [1.82, 2.24) is 0 Å². The molecule has 0 aliphatic carbocycles. The van der Waals surface area contributed by atoms with E-state index in [-0.39, 0.29) is 5.56 Å². The highest BCUT2D eigenvalue weighted by Gasteiger charge is 2.17. The van der Waals surface area contributed by atoms with E-state index < -0.39 is 12.1 Å². The maximum Gasteiger partial charge on any atom is 0.336 e. The van der Waals surface area contributed by atoms with Crippen LogP contribution in [0.25, 0.3) is 0 Å². The van der Waals surface area contributed by atoms with Crippen LogP contribution >= 0.6 is 0 Å². The molecule has 0 saturated heterocycles. The van der Waals surface area contributed by atoms with Crippen LogP contribution in [0.3, 0.4) is 0 Å². The molecule has 3 heteroatoms. The number of hydrogen-bond donors (Lipinski definition) is 2. The minimum absolute atomic E-state index is 0.132. The molecular weight excluding hydrogens is 252 g/mol. The molecular formula is C17H18O3. The Balaban J connectivity index is 2.36. The summed E-state index contributed by atoms with van der Waals surface area (Å²) in [5.41, 5.74) is 2.43. The summed E-state index contributed by atoms with van der Waals surface area (Å²) in [6.45, 7) is 4.20. The Morgan fingerprint density at radius 3 is 2.05 bits per heavy atom.